The Bertz CT molecular complexity index is 1200. The molecule has 0 amide bonds. The summed E-state index contributed by atoms with van der Waals surface area (Å²) < 4.78 is 0.770. The van der Waals surface area contributed by atoms with Crippen LogP contribution in [0.4, 0.5) is 0 Å². The van der Waals surface area contributed by atoms with Crippen LogP contribution in [0.2, 0.25) is 0 Å². The first-order valence-electron chi connectivity index (χ1n) is 10.9. The van der Waals surface area contributed by atoms with Crippen LogP contribution < -0.4 is 0 Å². The van der Waals surface area contributed by atoms with Crippen LogP contribution in [-0.2, 0) is 17.6 Å². The number of hydrogen-bond acceptors (Lipinski definition) is 7. The van der Waals surface area contributed by atoms with Crippen molar-refractivity contribution in [3.63, 3.8) is 0 Å². The number of carboxylic acids is 1. The van der Waals surface area contributed by atoms with Crippen LogP contribution in [0.25, 0.3) is 0 Å². The molecule has 170 valence electrons. The molecule has 0 atom stereocenters. The van der Waals surface area contributed by atoms with Crippen LogP contribution in [0.15, 0.2) is 52.0 Å². The number of aromatic nitrogens is 2. The fourth-order valence-corrected chi connectivity index (χ4v) is 6.12. The molecule has 2 heterocycles. The number of aryl methyl sites for hydroxylation is 1. The summed E-state index contributed by atoms with van der Waals surface area (Å²) >= 11 is 2.58. The van der Waals surface area contributed by atoms with Crippen molar-refractivity contribution in [2.45, 2.75) is 54.7 Å². The zero-order valence-corrected chi connectivity index (χ0v) is 19.9. The lowest BCUT2D eigenvalue weighted by Crippen LogP contribution is -2.16. The first kappa shape index (κ1) is 23.3. The molecule has 0 unspecified atom stereocenters. The van der Waals surface area contributed by atoms with Crippen molar-refractivity contribution >= 4 is 40.6 Å². The van der Waals surface area contributed by atoms with E-state index in [0.29, 0.717) is 15.6 Å². The predicted molar refractivity (Wildman–Crippen MR) is 127 cm³/mol. The average molecular weight is 481 g/mol. The third-order valence-corrected chi connectivity index (χ3v) is 7.84. The average Bonchev–Trinajstić information content (AvgIpc) is 3.47. The molecule has 8 heteroatoms. The topological polar surface area (TPSA) is 97.2 Å². The number of carbonyl (C=O) groups excluding carboxylic acids is 2. The number of carboxylic acid groups (broad SMARTS) is 1. The summed E-state index contributed by atoms with van der Waals surface area (Å²) in [6, 6.07) is 8.84. The van der Waals surface area contributed by atoms with E-state index in [1.807, 2.05) is 25.1 Å². The van der Waals surface area contributed by atoms with E-state index < -0.39 is 5.97 Å². The zero-order valence-electron chi connectivity index (χ0n) is 18.2. The van der Waals surface area contributed by atoms with Gasteiger partial charge in [0.2, 0.25) is 0 Å². The van der Waals surface area contributed by atoms with Crippen LogP contribution in [0.3, 0.4) is 0 Å². The maximum absolute atomic E-state index is 13.0. The molecule has 6 nitrogen and oxygen atoms in total. The molecular formula is C25H24N2O4S2. The van der Waals surface area contributed by atoms with Crippen molar-refractivity contribution in [3.8, 4) is 0 Å². The van der Waals surface area contributed by atoms with Gasteiger partial charge in [0.25, 0.3) is 0 Å². The van der Waals surface area contributed by atoms with E-state index in [2.05, 4.69) is 9.97 Å². The molecule has 0 spiro atoms. The summed E-state index contributed by atoms with van der Waals surface area (Å²) in [5.41, 5.74) is 2.62. The maximum Gasteiger partial charge on any atom is 0.338 e. The number of benzene rings is 1. The van der Waals surface area contributed by atoms with Crippen molar-refractivity contribution < 1.29 is 19.5 Å². The molecule has 0 radical (unpaired) electrons. The Morgan fingerprint density at radius 3 is 2.64 bits per heavy atom. The highest BCUT2D eigenvalue weighted by molar-refractivity contribution is 8.01. The Balaban J connectivity index is 1.44. The Hall–Kier alpha value is -2.84. The van der Waals surface area contributed by atoms with E-state index in [4.69, 9.17) is 0 Å². The van der Waals surface area contributed by atoms with Crippen LogP contribution in [-0.4, -0.2) is 32.6 Å². The molecule has 1 aliphatic carbocycles. The standard InChI is InChI=1S/C25H24N2O4S2/c1-15-8-9-17(20(11-15)23(29)16-5-2-3-6-16)12-18(28)13-21-27-14-22(32-21)33-24-19(25(30)31)7-4-10-26-24/h4,7-11,14,16H,2-3,5-6,12-13H2,1H3,(H,30,31). The summed E-state index contributed by atoms with van der Waals surface area (Å²) in [5.74, 6) is -0.807. The third-order valence-electron chi connectivity index (χ3n) is 5.72. The second-order valence-electron chi connectivity index (χ2n) is 8.23. The molecule has 1 N–H and O–H groups in total. The van der Waals surface area contributed by atoms with Gasteiger partial charge < -0.3 is 5.11 Å². The zero-order chi connectivity index (χ0) is 23.4. The molecule has 2 aromatic heterocycles. The largest absolute Gasteiger partial charge is 0.478 e. The SMILES string of the molecule is Cc1ccc(CC(=O)Cc2ncc(Sc3ncccc3C(=O)O)s2)c(C(=O)C2CCCC2)c1. The van der Waals surface area contributed by atoms with Gasteiger partial charge in [-0.25, -0.2) is 14.8 Å². The van der Waals surface area contributed by atoms with Gasteiger partial charge in [0.15, 0.2) is 5.78 Å². The van der Waals surface area contributed by atoms with Crippen LogP contribution in [0.5, 0.6) is 0 Å². The number of Topliss-reactive ketones (excluding diaryl/α,β-unsaturated/α-hetero) is 2. The van der Waals surface area contributed by atoms with Crippen molar-refractivity contribution in [1.29, 1.82) is 0 Å². The summed E-state index contributed by atoms with van der Waals surface area (Å²) in [6.45, 7) is 1.96. The van der Waals surface area contributed by atoms with Crippen molar-refractivity contribution in [3.05, 3.63) is 70.0 Å². The number of nitrogens with zero attached hydrogens (tertiary/aromatic N) is 2. The Kier molecular flexibility index (Phi) is 7.35. The molecule has 4 rings (SSSR count). The van der Waals surface area contributed by atoms with E-state index in [1.54, 1.807) is 18.5 Å². The van der Waals surface area contributed by atoms with Gasteiger partial charge in [0, 0.05) is 24.1 Å². The van der Waals surface area contributed by atoms with E-state index in [-0.39, 0.29) is 35.9 Å². The van der Waals surface area contributed by atoms with Crippen molar-refractivity contribution in [2.75, 3.05) is 0 Å². The highest BCUT2D eigenvalue weighted by Gasteiger charge is 2.26. The number of rotatable bonds is 9. The van der Waals surface area contributed by atoms with Crippen molar-refractivity contribution in [2.24, 2.45) is 5.92 Å². The molecule has 0 aliphatic heterocycles. The van der Waals surface area contributed by atoms with Crippen molar-refractivity contribution in [1.82, 2.24) is 9.97 Å². The fourth-order valence-electron chi connectivity index (χ4n) is 4.08. The minimum atomic E-state index is -1.04. The van der Waals surface area contributed by atoms with Gasteiger partial charge in [0.1, 0.15) is 15.8 Å². The number of thiazole rings is 1. The summed E-state index contributed by atoms with van der Waals surface area (Å²) in [5, 5.41) is 10.4. The minimum Gasteiger partial charge on any atom is -0.478 e. The smallest absolute Gasteiger partial charge is 0.338 e. The number of carbonyl (C=O) groups is 3. The fraction of sp³-hybridized carbons (Fsp3) is 0.320. The van der Waals surface area contributed by atoms with E-state index in [0.717, 1.165) is 41.0 Å². The molecule has 1 saturated carbocycles. The lowest BCUT2D eigenvalue weighted by molar-refractivity contribution is -0.117. The van der Waals surface area contributed by atoms with Gasteiger partial charge >= 0.3 is 5.97 Å². The monoisotopic (exact) mass is 480 g/mol. The van der Waals surface area contributed by atoms with Crippen LogP contribution in [0, 0.1) is 12.8 Å². The quantitative estimate of drug-likeness (QED) is 0.408. The lowest BCUT2D eigenvalue weighted by Gasteiger charge is -2.13. The molecule has 0 saturated heterocycles. The van der Waals surface area contributed by atoms with Gasteiger partial charge in [-0.1, -0.05) is 42.3 Å². The lowest BCUT2D eigenvalue weighted by atomic mass is 9.90. The summed E-state index contributed by atoms with van der Waals surface area (Å²) in [6.07, 6.45) is 7.59. The number of ketones is 2. The Morgan fingerprint density at radius 1 is 1.09 bits per heavy atom. The highest BCUT2D eigenvalue weighted by Crippen LogP contribution is 2.33. The molecule has 1 aromatic carbocycles. The predicted octanol–water partition coefficient (Wildman–Crippen LogP) is 5.42. The molecule has 1 aliphatic rings. The van der Waals surface area contributed by atoms with E-state index in [1.165, 1.54) is 29.2 Å². The molecule has 1 fully saturated rings. The number of aromatic carboxylic acids is 1. The van der Waals surface area contributed by atoms with Gasteiger partial charge in [-0.2, -0.15) is 0 Å². The number of pyridine rings is 1. The Labute approximate surface area is 200 Å². The second-order valence-corrected chi connectivity index (χ2v) is 10.6. The van der Waals surface area contributed by atoms with Gasteiger partial charge in [-0.05, 0) is 43.5 Å². The summed E-state index contributed by atoms with van der Waals surface area (Å²) in [7, 11) is 0. The van der Waals surface area contributed by atoms with E-state index in [9.17, 15) is 19.5 Å². The summed E-state index contributed by atoms with van der Waals surface area (Å²) in [4.78, 5) is 45.7. The van der Waals surface area contributed by atoms with E-state index >= 15 is 0 Å². The normalized spacial score (nSPS) is 13.8. The van der Waals surface area contributed by atoms with Crippen LogP contribution >= 0.6 is 23.1 Å². The third kappa shape index (κ3) is 5.75. The minimum absolute atomic E-state index is 0.00529. The van der Waals surface area contributed by atoms with Gasteiger partial charge in [-0.15, -0.1) is 11.3 Å². The van der Waals surface area contributed by atoms with Gasteiger partial charge in [0.05, 0.1) is 22.4 Å². The molecule has 3 aromatic rings. The highest BCUT2D eigenvalue weighted by atomic mass is 32.2. The molecular weight excluding hydrogens is 456 g/mol. The number of hydrogen-bond donors (Lipinski definition) is 1. The maximum atomic E-state index is 13.0. The second kappa shape index (κ2) is 10.4. The molecule has 33 heavy (non-hydrogen) atoms. The first-order valence-corrected chi connectivity index (χ1v) is 12.5. The molecule has 0 bridgehead atoms. The Morgan fingerprint density at radius 2 is 1.88 bits per heavy atom. The van der Waals surface area contributed by atoms with Crippen LogP contribution in [0.1, 0.15) is 62.5 Å². The van der Waals surface area contributed by atoms with Gasteiger partial charge in [-0.3, -0.25) is 9.59 Å². The first-order chi connectivity index (χ1) is 15.9.